The van der Waals surface area contributed by atoms with Gasteiger partial charge in [-0.05, 0) is 18.9 Å². The number of aliphatic hydroxyl groups excluding tert-OH is 4. The average Bonchev–Trinajstić information content (AvgIpc) is 2.60. The second kappa shape index (κ2) is 12.5. The molecule has 0 aromatic carbocycles. The maximum absolute atomic E-state index is 12.0. The van der Waals surface area contributed by atoms with E-state index in [2.05, 4.69) is 6.92 Å². The number of rotatable bonds is 12. The first-order valence-corrected chi connectivity index (χ1v) is 9.51. The van der Waals surface area contributed by atoms with Crippen molar-refractivity contribution >= 4 is 5.78 Å². The Kier molecular flexibility index (Phi) is 11.2. The normalized spacial score (nSPS) is 30.0. The highest BCUT2D eigenvalue weighted by molar-refractivity contribution is 5.90. The largest absolute Gasteiger partial charge is 0.394 e. The van der Waals surface area contributed by atoms with Crippen LogP contribution < -0.4 is 0 Å². The van der Waals surface area contributed by atoms with Crippen LogP contribution in [0.1, 0.15) is 64.7 Å². The third-order valence-electron chi connectivity index (χ3n) is 4.67. The zero-order valence-corrected chi connectivity index (χ0v) is 15.2. The Bertz CT molecular complexity index is 395. The third-order valence-corrected chi connectivity index (χ3v) is 4.67. The van der Waals surface area contributed by atoms with Gasteiger partial charge in [0.25, 0.3) is 0 Å². The Hall–Kier alpha value is -0.790. The molecular weight excluding hydrogens is 324 g/mol. The van der Waals surface area contributed by atoms with Crippen LogP contribution >= 0.6 is 0 Å². The van der Waals surface area contributed by atoms with Gasteiger partial charge in [0.15, 0.2) is 5.78 Å². The molecule has 6 heteroatoms. The number of hydrogen-bond donors (Lipinski definition) is 4. The monoisotopic (exact) mass is 358 g/mol. The van der Waals surface area contributed by atoms with E-state index in [9.17, 15) is 20.1 Å². The molecule has 146 valence electrons. The molecule has 1 aliphatic rings. The van der Waals surface area contributed by atoms with Crippen LogP contribution in [-0.2, 0) is 9.53 Å². The molecule has 1 heterocycles. The summed E-state index contributed by atoms with van der Waals surface area (Å²) in [5, 5.41) is 38.5. The third kappa shape index (κ3) is 7.96. The van der Waals surface area contributed by atoms with Crippen LogP contribution in [-0.4, -0.2) is 63.3 Å². The topological polar surface area (TPSA) is 107 Å². The van der Waals surface area contributed by atoms with E-state index in [-0.39, 0.29) is 12.2 Å². The fourth-order valence-electron chi connectivity index (χ4n) is 3.05. The summed E-state index contributed by atoms with van der Waals surface area (Å²) in [6.07, 6.45) is 6.57. The number of hydrogen-bond acceptors (Lipinski definition) is 6. The van der Waals surface area contributed by atoms with Gasteiger partial charge in [-0.25, -0.2) is 0 Å². The van der Waals surface area contributed by atoms with Crippen LogP contribution in [0.4, 0.5) is 0 Å². The first-order chi connectivity index (χ1) is 12.0. The predicted molar refractivity (Wildman–Crippen MR) is 95.1 cm³/mol. The molecule has 6 nitrogen and oxygen atoms in total. The molecule has 0 spiro atoms. The first-order valence-electron chi connectivity index (χ1n) is 9.51. The van der Waals surface area contributed by atoms with E-state index in [0.29, 0.717) is 0 Å². The fraction of sp³-hybridized carbons (Fsp3) is 0.842. The SMILES string of the molecule is CCCCCCCCC/C=C/C(=O)C[C@@H]1OC(CO)[C@@H](O)C(O)C1O. The van der Waals surface area contributed by atoms with Gasteiger partial charge in [-0.2, -0.15) is 0 Å². The van der Waals surface area contributed by atoms with Crippen LogP contribution in [0.2, 0.25) is 0 Å². The van der Waals surface area contributed by atoms with Crippen molar-refractivity contribution in [3.05, 3.63) is 12.2 Å². The van der Waals surface area contributed by atoms with Crippen LogP contribution in [0.25, 0.3) is 0 Å². The Morgan fingerprint density at radius 2 is 1.52 bits per heavy atom. The molecule has 0 amide bonds. The molecule has 0 radical (unpaired) electrons. The molecule has 1 saturated heterocycles. The predicted octanol–water partition coefficient (Wildman–Crippen LogP) is 1.48. The molecule has 0 aromatic rings. The number of carbonyl (C=O) groups is 1. The Balaban J connectivity index is 2.24. The summed E-state index contributed by atoms with van der Waals surface area (Å²) in [6.45, 7) is 1.72. The number of allylic oxidation sites excluding steroid dienone is 2. The van der Waals surface area contributed by atoms with Gasteiger partial charge in [0, 0.05) is 6.42 Å². The van der Waals surface area contributed by atoms with Crippen molar-refractivity contribution in [3.63, 3.8) is 0 Å². The van der Waals surface area contributed by atoms with Gasteiger partial charge < -0.3 is 25.2 Å². The number of ether oxygens (including phenoxy) is 1. The van der Waals surface area contributed by atoms with Crippen molar-refractivity contribution in [2.75, 3.05) is 6.61 Å². The van der Waals surface area contributed by atoms with Crippen molar-refractivity contribution in [1.29, 1.82) is 0 Å². The molecule has 3 unspecified atom stereocenters. The van der Waals surface area contributed by atoms with E-state index >= 15 is 0 Å². The molecule has 1 rings (SSSR count). The van der Waals surface area contributed by atoms with E-state index in [0.717, 1.165) is 19.3 Å². The van der Waals surface area contributed by atoms with Gasteiger partial charge in [0.1, 0.15) is 24.4 Å². The van der Waals surface area contributed by atoms with Crippen LogP contribution in [0, 0.1) is 0 Å². The number of carbonyl (C=O) groups excluding carboxylic acids is 1. The van der Waals surface area contributed by atoms with Gasteiger partial charge in [-0.1, -0.05) is 51.5 Å². The highest BCUT2D eigenvalue weighted by Gasteiger charge is 2.43. The highest BCUT2D eigenvalue weighted by Crippen LogP contribution is 2.23. The zero-order chi connectivity index (χ0) is 18.7. The minimum absolute atomic E-state index is 0.0883. The minimum atomic E-state index is -1.43. The summed E-state index contributed by atoms with van der Waals surface area (Å²) in [5.41, 5.74) is 0. The van der Waals surface area contributed by atoms with E-state index in [1.807, 2.05) is 6.08 Å². The van der Waals surface area contributed by atoms with Crippen molar-refractivity contribution < 1.29 is 30.0 Å². The summed E-state index contributed by atoms with van der Waals surface area (Å²) in [7, 11) is 0. The molecular formula is C19H34O6. The van der Waals surface area contributed by atoms with Gasteiger partial charge in [-0.3, -0.25) is 4.79 Å². The van der Waals surface area contributed by atoms with E-state index in [1.54, 1.807) is 0 Å². The molecule has 1 fully saturated rings. The van der Waals surface area contributed by atoms with Crippen molar-refractivity contribution in [3.8, 4) is 0 Å². The van der Waals surface area contributed by atoms with Gasteiger partial charge in [0.2, 0.25) is 0 Å². The zero-order valence-electron chi connectivity index (χ0n) is 15.2. The number of aliphatic hydroxyl groups is 4. The maximum atomic E-state index is 12.0. The maximum Gasteiger partial charge on any atom is 0.158 e. The van der Waals surface area contributed by atoms with Crippen molar-refractivity contribution in [2.24, 2.45) is 0 Å². The van der Waals surface area contributed by atoms with Crippen LogP contribution in [0.5, 0.6) is 0 Å². The molecule has 25 heavy (non-hydrogen) atoms. The average molecular weight is 358 g/mol. The van der Waals surface area contributed by atoms with Gasteiger partial charge in [0.05, 0.1) is 12.7 Å². The number of unbranched alkanes of at least 4 members (excludes halogenated alkanes) is 7. The van der Waals surface area contributed by atoms with E-state index < -0.39 is 37.1 Å². The molecule has 0 aliphatic carbocycles. The van der Waals surface area contributed by atoms with Crippen molar-refractivity contribution in [1.82, 2.24) is 0 Å². The summed E-state index contributed by atoms with van der Waals surface area (Å²) in [6, 6.07) is 0. The summed E-state index contributed by atoms with van der Waals surface area (Å²) in [4.78, 5) is 12.0. The summed E-state index contributed by atoms with van der Waals surface area (Å²) < 4.78 is 5.33. The molecule has 1 aliphatic heterocycles. The fourth-order valence-corrected chi connectivity index (χ4v) is 3.05. The quantitative estimate of drug-likeness (QED) is 0.311. The van der Waals surface area contributed by atoms with Crippen molar-refractivity contribution in [2.45, 2.75) is 95.2 Å². The van der Waals surface area contributed by atoms with Gasteiger partial charge >= 0.3 is 0 Å². The lowest BCUT2D eigenvalue weighted by atomic mass is 9.92. The molecule has 4 N–H and O–H groups in total. The highest BCUT2D eigenvalue weighted by atomic mass is 16.5. The molecule has 5 atom stereocenters. The molecule has 0 bridgehead atoms. The lowest BCUT2D eigenvalue weighted by molar-refractivity contribution is -0.229. The second-order valence-electron chi connectivity index (χ2n) is 6.85. The Morgan fingerprint density at radius 3 is 2.16 bits per heavy atom. The lowest BCUT2D eigenvalue weighted by Gasteiger charge is -2.39. The van der Waals surface area contributed by atoms with E-state index in [1.165, 1.54) is 38.2 Å². The summed E-state index contributed by atoms with van der Waals surface area (Å²) >= 11 is 0. The first kappa shape index (κ1) is 22.3. The molecule has 0 aromatic heterocycles. The molecule has 0 saturated carbocycles. The summed E-state index contributed by atoms with van der Waals surface area (Å²) in [5.74, 6) is -0.202. The van der Waals surface area contributed by atoms with Crippen LogP contribution in [0.15, 0.2) is 12.2 Å². The van der Waals surface area contributed by atoms with E-state index in [4.69, 9.17) is 9.84 Å². The Morgan fingerprint density at radius 1 is 0.920 bits per heavy atom. The lowest BCUT2D eigenvalue weighted by Crippen LogP contribution is -2.58. The Labute approximate surface area is 150 Å². The standard InChI is InChI=1S/C19H34O6/c1-2-3-4-5-6-7-8-9-10-11-14(21)12-15-17(22)19(24)18(23)16(13-20)25-15/h10-11,15-20,22-24H,2-9,12-13H2,1H3/b11-10+/t15-,16?,17?,18+,19?/m0/s1. The number of ketones is 1. The van der Waals surface area contributed by atoms with Gasteiger partial charge in [-0.15, -0.1) is 0 Å². The smallest absolute Gasteiger partial charge is 0.158 e. The minimum Gasteiger partial charge on any atom is -0.394 e. The second-order valence-corrected chi connectivity index (χ2v) is 6.85. The van der Waals surface area contributed by atoms with Crippen LogP contribution in [0.3, 0.4) is 0 Å².